The van der Waals surface area contributed by atoms with Crippen molar-refractivity contribution in [2.24, 2.45) is 0 Å². The van der Waals surface area contributed by atoms with E-state index >= 15 is 0 Å². The Bertz CT molecular complexity index is 703. The van der Waals surface area contributed by atoms with E-state index < -0.39 is 10.3 Å². The van der Waals surface area contributed by atoms with Crippen LogP contribution >= 0.6 is 11.6 Å². The van der Waals surface area contributed by atoms with Gasteiger partial charge in [0.1, 0.15) is 0 Å². The van der Waals surface area contributed by atoms with E-state index in [1.54, 1.807) is 36.4 Å². The Morgan fingerprint density at radius 2 is 1.90 bits per heavy atom. The van der Waals surface area contributed by atoms with Gasteiger partial charge in [-0.1, -0.05) is 35.9 Å². The molecule has 5 nitrogen and oxygen atoms in total. The van der Waals surface area contributed by atoms with Gasteiger partial charge in [-0.05, 0) is 29.8 Å². The molecule has 0 aliphatic rings. The maximum Gasteiger partial charge on any atom is 0.383 e. The van der Waals surface area contributed by atoms with Crippen molar-refractivity contribution < 1.29 is 17.7 Å². The van der Waals surface area contributed by atoms with E-state index in [2.05, 4.69) is 4.72 Å². The van der Waals surface area contributed by atoms with Crippen LogP contribution in [0.2, 0.25) is 5.02 Å². The van der Waals surface area contributed by atoms with Crippen LogP contribution in [0.3, 0.4) is 0 Å². The molecule has 0 atom stereocenters. The second-order valence-electron chi connectivity index (χ2n) is 3.96. The predicted octanol–water partition coefficient (Wildman–Crippen LogP) is 2.46. The minimum atomic E-state index is -4.02. The average Bonchev–Trinajstić information content (AvgIpc) is 2.39. The third-order valence-electron chi connectivity index (χ3n) is 2.41. The van der Waals surface area contributed by atoms with E-state index in [4.69, 9.17) is 15.8 Å². The molecule has 0 radical (unpaired) electrons. The van der Waals surface area contributed by atoms with Crippen molar-refractivity contribution in [1.29, 1.82) is 0 Å². The highest BCUT2D eigenvalue weighted by Crippen LogP contribution is 2.25. The lowest BCUT2D eigenvalue weighted by atomic mass is 10.2. The highest BCUT2D eigenvalue weighted by molar-refractivity contribution is 7.85. The number of hydrogen-bond donors (Lipinski definition) is 2. The van der Waals surface area contributed by atoms with Crippen molar-refractivity contribution in [1.82, 2.24) is 4.72 Å². The SMILES string of the molecule is O=S(=O)(NCc1cccc(Cl)c1)Oc1ccccc1O. The Kier molecular flexibility index (Phi) is 4.49. The number of benzene rings is 2. The molecule has 0 amide bonds. The zero-order valence-corrected chi connectivity index (χ0v) is 11.9. The molecule has 0 aliphatic carbocycles. The third kappa shape index (κ3) is 4.12. The van der Waals surface area contributed by atoms with Crippen LogP contribution in [0.1, 0.15) is 5.56 Å². The molecule has 2 aromatic rings. The first kappa shape index (κ1) is 14.6. The molecule has 106 valence electrons. The second kappa shape index (κ2) is 6.13. The van der Waals surface area contributed by atoms with E-state index in [0.29, 0.717) is 10.6 Å². The Balaban J connectivity index is 2.03. The molecular formula is C13H12ClNO4S. The Labute approximate surface area is 122 Å². The number of phenolic OH excluding ortho intramolecular Hbond substituents is 1. The summed E-state index contributed by atoms with van der Waals surface area (Å²) in [6, 6.07) is 12.6. The smallest absolute Gasteiger partial charge is 0.383 e. The van der Waals surface area contributed by atoms with E-state index in [1.807, 2.05) is 0 Å². The second-order valence-corrected chi connectivity index (χ2v) is 5.76. The summed E-state index contributed by atoms with van der Waals surface area (Å²) in [5.74, 6) is -0.383. The molecule has 20 heavy (non-hydrogen) atoms. The highest BCUT2D eigenvalue weighted by Gasteiger charge is 2.14. The first-order valence-corrected chi connectivity index (χ1v) is 7.46. The quantitative estimate of drug-likeness (QED) is 0.889. The highest BCUT2D eigenvalue weighted by atomic mass is 35.5. The van der Waals surface area contributed by atoms with E-state index in [0.717, 1.165) is 0 Å². The molecule has 0 saturated heterocycles. The van der Waals surface area contributed by atoms with Crippen LogP contribution in [0, 0.1) is 0 Å². The van der Waals surface area contributed by atoms with Gasteiger partial charge in [0.25, 0.3) is 0 Å². The zero-order chi connectivity index (χ0) is 14.6. The fraction of sp³-hybridized carbons (Fsp3) is 0.0769. The van der Waals surface area contributed by atoms with Gasteiger partial charge in [-0.15, -0.1) is 0 Å². The molecule has 0 aliphatic heterocycles. The Morgan fingerprint density at radius 1 is 1.15 bits per heavy atom. The van der Waals surface area contributed by atoms with Crippen molar-refractivity contribution in [3.05, 3.63) is 59.1 Å². The molecule has 0 spiro atoms. The molecule has 0 saturated carbocycles. The fourth-order valence-electron chi connectivity index (χ4n) is 1.49. The molecule has 7 heteroatoms. The number of aromatic hydroxyl groups is 1. The number of halogens is 1. The number of hydrogen-bond acceptors (Lipinski definition) is 4. The predicted molar refractivity (Wildman–Crippen MR) is 75.9 cm³/mol. The standard InChI is InChI=1S/C13H12ClNO4S/c14-11-5-3-4-10(8-11)9-15-20(17,18)19-13-7-2-1-6-12(13)16/h1-8,15-16H,9H2. The van der Waals surface area contributed by atoms with Crippen LogP contribution in [0.5, 0.6) is 11.5 Å². The van der Waals surface area contributed by atoms with Crippen molar-refractivity contribution >= 4 is 21.9 Å². The maximum atomic E-state index is 11.7. The lowest BCUT2D eigenvalue weighted by Crippen LogP contribution is -2.27. The Morgan fingerprint density at radius 3 is 2.60 bits per heavy atom. The molecule has 0 aromatic heterocycles. The molecule has 2 aromatic carbocycles. The molecule has 2 N–H and O–H groups in total. The van der Waals surface area contributed by atoms with Crippen molar-refractivity contribution in [3.8, 4) is 11.5 Å². The minimum Gasteiger partial charge on any atom is -0.504 e. The summed E-state index contributed by atoms with van der Waals surface area (Å²) in [7, 11) is -4.02. The minimum absolute atomic E-state index is 0.0382. The van der Waals surface area contributed by atoms with Crippen molar-refractivity contribution in [2.45, 2.75) is 6.54 Å². The van der Waals surface area contributed by atoms with Crippen LogP contribution in [0.15, 0.2) is 48.5 Å². The van der Waals surface area contributed by atoms with E-state index in [9.17, 15) is 13.5 Å². The maximum absolute atomic E-state index is 11.7. The zero-order valence-electron chi connectivity index (χ0n) is 10.3. The molecule has 0 unspecified atom stereocenters. The number of rotatable bonds is 5. The van der Waals surface area contributed by atoms with E-state index in [1.165, 1.54) is 12.1 Å². The summed E-state index contributed by atoms with van der Waals surface area (Å²) in [6.07, 6.45) is 0. The molecule has 0 heterocycles. The first-order valence-electron chi connectivity index (χ1n) is 5.68. The first-order chi connectivity index (χ1) is 9.46. The van der Waals surface area contributed by atoms with Gasteiger partial charge in [0.15, 0.2) is 11.5 Å². The molecule has 2 rings (SSSR count). The summed E-state index contributed by atoms with van der Waals surface area (Å²) >= 11 is 5.80. The van der Waals surface area contributed by atoms with Gasteiger partial charge in [-0.3, -0.25) is 0 Å². The van der Waals surface area contributed by atoms with Crippen molar-refractivity contribution in [2.75, 3.05) is 0 Å². The summed E-state index contributed by atoms with van der Waals surface area (Å²) in [5.41, 5.74) is 0.696. The number of para-hydroxylation sites is 2. The number of phenols is 1. The van der Waals surface area contributed by atoms with Crippen LogP contribution in [0.25, 0.3) is 0 Å². The van der Waals surface area contributed by atoms with Crippen LogP contribution in [0.4, 0.5) is 0 Å². The van der Waals surface area contributed by atoms with Crippen LogP contribution in [-0.4, -0.2) is 13.5 Å². The van der Waals surface area contributed by atoms with Crippen molar-refractivity contribution in [3.63, 3.8) is 0 Å². The summed E-state index contributed by atoms with van der Waals surface area (Å²) in [4.78, 5) is 0. The fourth-order valence-corrected chi connectivity index (χ4v) is 2.49. The van der Waals surface area contributed by atoms with Gasteiger partial charge in [0.2, 0.25) is 0 Å². The Hall–Kier alpha value is -1.76. The van der Waals surface area contributed by atoms with Gasteiger partial charge in [-0.25, -0.2) is 0 Å². The van der Waals surface area contributed by atoms with Crippen LogP contribution < -0.4 is 8.91 Å². The lowest BCUT2D eigenvalue weighted by Gasteiger charge is -2.09. The third-order valence-corrected chi connectivity index (χ3v) is 3.54. The van der Waals surface area contributed by atoms with Gasteiger partial charge < -0.3 is 9.29 Å². The average molecular weight is 314 g/mol. The van der Waals surface area contributed by atoms with Crippen LogP contribution in [-0.2, 0) is 16.8 Å². The summed E-state index contributed by atoms with van der Waals surface area (Å²) in [6.45, 7) is 0.0382. The van der Waals surface area contributed by atoms with Gasteiger partial charge >= 0.3 is 10.3 Å². The molecular weight excluding hydrogens is 302 g/mol. The van der Waals surface area contributed by atoms with Gasteiger partial charge in [0, 0.05) is 11.6 Å². The largest absolute Gasteiger partial charge is 0.504 e. The lowest BCUT2D eigenvalue weighted by molar-refractivity contribution is 0.422. The molecule has 0 bridgehead atoms. The molecule has 0 fully saturated rings. The normalized spacial score (nSPS) is 11.2. The summed E-state index contributed by atoms with van der Waals surface area (Å²) < 4.78 is 30.5. The number of nitrogens with one attached hydrogen (secondary N) is 1. The van der Waals surface area contributed by atoms with E-state index in [-0.39, 0.29) is 18.0 Å². The van der Waals surface area contributed by atoms with Gasteiger partial charge in [0.05, 0.1) is 0 Å². The van der Waals surface area contributed by atoms with Gasteiger partial charge in [-0.2, -0.15) is 13.1 Å². The monoisotopic (exact) mass is 313 g/mol. The summed E-state index contributed by atoms with van der Waals surface area (Å²) in [5, 5.41) is 9.98. The topological polar surface area (TPSA) is 75.6 Å².